The molecule has 2 aromatic rings. The van der Waals surface area contributed by atoms with Gasteiger partial charge in [-0.1, -0.05) is 6.07 Å². The van der Waals surface area contributed by atoms with Crippen LogP contribution in [0.2, 0.25) is 0 Å². The molecular formula is C17H21N3O2. The number of nitrogens with zero attached hydrogens (tertiary/aromatic N) is 1. The molecule has 1 aliphatic rings. The minimum absolute atomic E-state index is 0.0926. The Hall–Kier alpha value is -2.14. The molecule has 0 unspecified atom stereocenters. The molecule has 1 fully saturated rings. The van der Waals surface area contributed by atoms with Crippen LogP contribution < -0.4 is 10.6 Å². The van der Waals surface area contributed by atoms with Gasteiger partial charge in [-0.3, -0.25) is 4.79 Å². The van der Waals surface area contributed by atoms with E-state index >= 15 is 0 Å². The fraction of sp³-hybridized carbons (Fsp3) is 0.412. The van der Waals surface area contributed by atoms with Crippen LogP contribution in [0.25, 0.3) is 11.5 Å². The van der Waals surface area contributed by atoms with Crippen LogP contribution in [0.5, 0.6) is 0 Å². The van der Waals surface area contributed by atoms with Gasteiger partial charge in [-0.2, -0.15) is 0 Å². The van der Waals surface area contributed by atoms with Crippen LogP contribution in [0.15, 0.2) is 28.9 Å². The van der Waals surface area contributed by atoms with Crippen molar-refractivity contribution >= 4 is 11.6 Å². The van der Waals surface area contributed by atoms with E-state index < -0.39 is 0 Å². The standard InChI is InChI=1S/C17H21N3O2/c1-11-3-4-14(9-15(11)17-19-12(2)10-22-17)20-16(21)13-5-7-18-8-6-13/h3-4,9-10,13,18H,5-8H2,1-2H3,(H,20,21). The summed E-state index contributed by atoms with van der Waals surface area (Å²) in [6, 6.07) is 5.83. The number of hydrogen-bond acceptors (Lipinski definition) is 4. The maximum absolute atomic E-state index is 12.3. The molecule has 2 heterocycles. The second kappa shape index (κ2) is 6.32. The molecule has 0 atom stereocenters. The number of amides is 1. The number of benzene rings is 1. The van der Waals surface area contributed by atoms with Gasteiger partial charge in [0.05, 0.1) is 5.69 Å². The highest BCUT2D eigenvalue weighted by Crippen LogP contribution is 2.26. The van der Waals surface area contributed by atoms with Gasteiger partial charge < -0.3 is 15.1 Å². The predicted molar refractivity (Wildman–Crippen MR) is 85.6 cm³/mol. The van der Waals surface area contributed by atoms with E-state index in [4.69, 9.17) is 4.42 Å². The summed E-state index contributed by atoms with van der Waals surface area (Å²) in [5, 5.41) is 6.29. The fourth-order valence-corrected chi connectivity index (χ4v) is 2.74. The first kappa shape index (κ1) is 14.8. The molecule has 0 aliphatic carbocycles. The third-order valence-electron chi connectivity index (χ3n) is 4.06. The molecule has 116 valence electrons. The third kappa shape index (κ3) is 3.20. The lowest BCUT2D eigenvalue weighted by atomic mass is 9.97. The number of piperidine rings is 1. The minimum Gasteiger partial charge on any atom is -0.444 e. The molecule has 22 heavy (non-hydrogen) atoms. The highest BCUT2D eigenvalue weighted by Gasteiger charge is 2.21. The van der Waals surface area contributed by atoms with Gasteiger partial charge in [-0.05, 0) is 57.5 Å². The summed E-state index contributed by atoms with van der Waals surface area (Å²) in [6.45, 7) is 5.72. The lowest BCUT2D eigenvalue weighted by Gasteiger charge is -2.21. The third-order valence-corrected chi connectivity index (χ3v) is 4.06. The Morgan fingerprint density at radius 1 is 1.32 bits per heavy atom. The Morgan fingerprint density at radius 2 is 2.09 bits per heavy atom. The number of oxazole rings is 1. The second-order valence-corrected chi connectivity index (χ2v) is 5.84. The van der Waals surface area contributed by atoms with Crippen LogP contribution in [0.1, 0.15) is 24.1 Å². The van der Waals surface area contributed by atoms with Crippen molar-refractivity contribution in [2.24, 2.45) is 5.92 Å². The van der Waals surface area contributed by atoms with Crippen LogP contribution in [0.4, 0.5) is 5.69 Å². The zero-order valence-corrected chi connectivity index (χ0v) is 13.0. The topological polar surface area (TPSA) is 67.2 Å². The molecule has 0 spiro atoms. The fourth-order valence-electron chi connectivity index (χ4n) is 2.74. The molecule has 2 N–H and O–H groups in total. The van der Waals surface area contributed by atoms with E-state index in [2.05, 4.69) is 15.6 Å². The van der Waals surface area contributed by atoms with Gasteiger partial charge in [0.25, 0.3) is 0 Å². The van der Waals surface area contributed by atoms with Gasteiger partial charge in [-0.25, -0.2) is 4.98 Å². The van der Waals surface area contributed by atoms with Crippen molar-refractivity contribution in [3.63, 3.8) is 0 Å². The van der Waals surface area contributed by atoms with E-state index in [0.29, 0.717) is 5.89 Å². The first-order valence-electron chi connectivity index (χ1n) is 7.68. The predicted octanol–water partition coefficient (Wildman–Crippen LogP) is 2.90. The van der Waals surface area contributed by atoms with E-state index in [1.807, 2.05) is 32.0 Å². The highest BCUT2D eigenvalue weighted by molar-refractivity contribution is 5.93. The van der Waals surface area contributed by atoms with Gasteiger partial charge >= 0.3 is 0 Å². The number of carbonyl (C=O) groups is 1. The van der Waals surface area contributed by atoms with Crippen molar-refractivity contribution in [3.05, 3.63) is 35.7 Å². The molecule has 1 amide bonds. The van der Waals surface area contributed by atoms with Gasteiger partial charge in [0, 0.05) is 17.2 Å². The number of rotatable bonds is 3. The average Bonchev–Trinajstić information content (AvgIpc) is 2.96. The lowest BCUT2D eigenvalue weighted by molar-refractivity contribution is -0.120. The first-order valence-corrected chi connectivity index (χ1v) is 7.68. The van der Waals surface area contributed by atoms with Crippen molar-refractivity contribution in [1.29, 1.82) is 0 Å². The van der Waals surface area contributed by atoms with Gasteiger partial charge in [-0.15, -0.1) is 0 Å². The number of aromatic nitrogens is 1. The summed E-state index contributed by atoms with van der Waals surface area (Å²) in [5.74, 6) is 0.780. The second-order valence-electron chi connectivity index (χ2n) is 5.84. The largest absolute Gasteiger partial charge is 0.444 e. The van der Waals surface area contributed by atoms with E-state index in [0.717, 1.165) is 48.4 Å². The first-order chi connectivity index (χ1) is 10.6. The smallest absolute Gasteiger partial charge is 0.227 e. The molecule has 1 saturated heterocycles. The molecule has 5 heteroatoms. The quantitative estimate of drug-likeness (QED) is 0.914. The number of anilines is 1. The summed E-state index contributed by atoms with van der Waals surface area (Å²) in [5.41, 5.74) is 3.62. The van der Waals surface area contributed by atoms with E-state index in [1.54, 1.807) is 6.26 Å². The molecule has 0 bridgehead atoms. The Labute approximate surface area is 130 Å². The van der Waals surface area contributed by atoms with Crippen molar-refractivity contribution in [2.75, 3.05) is 18.4 Å². The summed E-state index contributed by atoms with van der Waals surface area (Å²) in [7, 11) is 0. The van der Waals surface area contributed by atoms with Crippen molar-refractivity contribution in [1.82, 2.24) is 10.3 Å². The molecule has 1 aromatic heterocycles. The molecule has 5 nitrogen and oxygen atoms in total. The van der Waals surface area contributed by atoms with Crippen molar-refractivity contribution in [3.8, 4) is 11.5 Å². The molecule has 3 rings (SSSR count). The van der Waals surface area contributed by atoms with Crippen LogP contribution >= 0.6 is 0 Å². The summed E-state index contributed by atoms with van der Waals surface area (Å²) >= 11 is 0. The minimum atomic E-state index is 0.0926. The Kier molecular flexibility index (Phi) is 4.24. The highest BCUT2D eigenvalue weighted by atomic mass is 16.3. The van der Waals surface area contributed by atoms with E-state index in [-0.39, 0.29) is 11.8 Å². The van der Waals surface area contributed by atoms with Gasteiger partial charge in [0.2, 0.25) is 11.8 Å². The Balaban J connectivity index is 1.78. The maximum atomic E-state index is 12.3. The van der Waals surface area contributed by atoms with Crippen LogP contribution in [-0.2, 0) is 4.79 Å². The summed E-state index contributed by atoms with van der Waals surface area (Å²) in [6.07, 6.45) is 3.42. The van der Waals surface area contributed by atoms with E-state index in [1.165, 1.54) is 0 Å². The van der Waals surface area contributed by atoms with Crippen LogP contribution in [-0.4, -0.2) is 24.0 Å². The van der Waals surface area contributed by atoms with Gasteiger partial charge in [0.15, 0.2) is 0 Å². The SMILES string of the molecule is Cc1coc(-c2cc(NC(=O)C3CCNCC3)ccc2C)n1. The molecular weight excluding hydrogens is 278 g/mol. The molecule has 1 aliphatic heterocycles. The normalized spacial score (nSPS) is 15.7. The summed E-state index contributed by atoms with van der Waals surface area (Å²) in [4.78, 5) is 16.7. The number of aryl methyl sites for hydroxylation is 2. The van der Waals surface area contributed by atoms with Crippen molar-refractivity contribution < 1.29 is 9.21 Å². The Morgan fingerprint density at radius 3 is 2.77 bits per heavy atom. The number of nitrogens with one attached hydrogen (secondary N) is 2. The Bertz CT molecular complexity index is 672. The monoisotopic (exact) mass is 299 g/mol. The van der Waals surface area contributed by atoms with Crippen molar-refractivity contribution in [2.45, 2.75) is 26.7 Å². The van der Waals surface area contributed by atoms with E-state index in [9.17, 15) is 4.79 Å². The lowest BCUT2D eigenvalue weighted by Crippen LogP contribution is -2.34. The molecule has 1 aromatic carbocycles. The average molecular weight is 299 g/mol. The van der Waals surface area contributed by atoms with Crippen LogP contribution in [0.3, 0.4) is 0 Å². The number of hydrogen-bond donors (Lipinski definition) is 2. The molecule has 0 saturated carbocycles. The zero-order chi connectivity index (χ0) is 15.5. The van der Waals surface area contributed by atoms with Gasteiger partial charge in [0.1, 0.15) is 6.26 Å². The number of carbonyl (C=O) groups excluding carboxylic acids is 1. The summed E-state index contributed by atoms with van der Waals surface area (Å²) < 4.78 is 5.48. The van der Waals surface area contributed by atoms with Crippen LogP contribution in [0, 0.1) is 19.8 Å². The zero-order valence-electron chi connectivity index (χ0n) is 13.0. The molecule has 0 radical (unpaired) electrons. The maximum Gasteiger partial charge on any atom is 0.227 e.